The van der Waals surface area contributed by atoms with Crippen LogP contribution in [-0.4, -0.2) is 67.7 Å². The minimum atomic E-state index is -2.98. The minimum Gasteiger partial charge on any atom is -0.468 e. The van der Waals surface area contributed by atoms with Gasteiger partial charge < -0.3 is 9.84 Å². The highest BCUT2D eigenvalue weighted by molar-refractivity contribution is 7.91. The minimum absolute atomic E-state index is 0.0766. The van der Waals surface area contributed by atoms with Crippen LogP contribution in [0.4, 0.5) is 0 Å². The number of methoxy groups -OCH3 is 1. The maximum absolute atomic E-state index is 11.6. The average molecular weight is 263 g/mol. The van der Waals surface area contributed by atoms with E-state index in [0.29, 0.717) is 19.4 Å². The van der Waals surface area contributed by atoms with E-state index in [-0.39, 0.29) is 17.5 Å². The molecular formula is C10H17NO5S. The summed E-state index contributed by atoms with van der Waals surface area (Å²) in [6.07, 6.45) is 0.272. The highest BCUT2D eigenvalue weighted by atomic mass is 32.2. The summed E-state index contributed by atoms with van der Waals surface area (Å²) in [5.74, 6) is -0.156. The number of likely N-dealkylation sites (tertiary alicyclic amines) is 1. The van der Waals surface area contributed by atoms with Crippen molar-refractivity contribution in [1.82, 2.24) is 4.90 Å². The van der Waals surface area contributed by atoms with Gasteiger partial charge in [0.2, 0.25) is 0 Å². The second-order valence-corrected chi connectivity index (χ2v) is 6.91. The molecule has 2 saturated heterocycles. The summed E-state index contributed by atoms with van der Waals surface area (Å²) in [6, 6.07) is -0.672. The number of ether oxygens (including phenoxy) is 1. The van der Waals surface area contributed by atoms with Crippen LogP contribution in [0.5, 0.6) is 0 Å². The van der Waals surface area contributed by atoms with Gasteiger partial charge in [-0.3, -0.25) is 9.69 Å². The van der Waals surface area contributed by atoms with Crippen molar-refractivity contribution in [1.29, 1.82) is 0 Å². The molecule has 2 aliphatic rings. The molecule has 0 saturated carbocycles. The molecule has 0 aromatic carbocycles. The van der Waals surface area contributed by atoms with Crippen LogP contribution in [0.2, 0.25) is 0 Å². The maximum Gasteiger partial charge on any atom is 0.323 e. The molecule has 0 bridgehead atoms. The van der Waals surface area contributed by atoms with Gasteiger partial charge in [0.25, 0.3) is 0 Å². The van der Waals surface area contributed by atoms with E-state index in [9.17, 15) is 18.3 Å². The van der Waals surface area contributed by atoms with Gasteiger partial charge in [-0.15, -0.1) is 0 Å². The number of hydrogen-bond acceptors (Lipinski definition) is 6. The molecule has 0 aromatic rings. The molecule has 3 atom stereocenters. The molecule has 0 spiro atoms. The van der Waals surface area contributed by atoms with Gasteiger partial charge in [-0.25, -0.2) is 8.42 Å². The van der Waals surface area contributed by atoms with Crippen molar-refractivity contribution in [2.75, 3.05) is 25.2 Å². The fourth-order valence-electron chi connectivity index (χ4n) is 2.65. The van der Waals surface area contributed by atoms with Crippen molar-refractivity contribution in [3.8, 4) is 0 Å². The number of carbonyl (C=O) groups is 1. The number of rotatable bonds is 2. The monoisotopic (exact) mass is 263 g/mol. The van der Waals surface area contributed by atoms with Crippen molar-refractivity contribution in [3.63, 3.8) is 0 Å². The molecular weight excluding hydrogens is 246 g/mol. The molecule has 2 rings (SSSR count). The summed E-state index contributed by atoms with van der Waals surface area (Å²) in [5, 5.41) is 9.61. The normalized spacial score (nSPS) is 37.2. The Kier molecular flexibility index (Phi) is 3.42. The van der Waals surface area contributed by atoms with Crippen molar-refractivity contribution in [2.24, 2.45) is 0 Å². The van der Waals surface area contributed by atoms with Crippen molar-refractivity contribution >= 4 is 15.8 Å². The van der Waals surface area contributed by atoms with Crippen molar-refractivity contribution in [3.05, 3.63) is 0 Å². The highest BCUT2D eigenvalue weighted by Gasteiger charge is 2.43. The van der Waals surface area contributed by atoms with Crippen LogP contribution in [-0.2, 0) is 19.4 Å². The van der Waals surface area contributed by atoms with Gasteiger partial charge >= 0.3 is 5.97 Å². The summed E-state index contributed by atoms with van der Waals surface area (Å²) in [4.78, 5) is 13.3. The first-order valence-electron chi connectivity index (χ1n) is 5.65. The van der Waals surface area contributed by atoms with Gasteiger partial charge in [0.05, 0.1) is 24.7 Å². The molecule has 0 radical (unpaired) electrons. The molecule has 2 aliphatic heterocycles. The van der Waals surface area contributed by atoms with Gasteiger partial charge in [-0.05, 0) is 6.42 Å². The quantitative estimate of drug-likeness (QED) is 0.629. The SMILES string of the molecule is COC(=O)C1CC(O)CN1C1CCS(=O)(=O)C1. The number of sulfone groups is 1. The Labute approximate surface area is 100 Å². The zero-order chi connectivity index (χ0) is 12.6. The number of β-amino-alcohol motifs (C(OH)–C–C–N with tert-alkyl or cyclic N) is 1. The Morgan fingerprint density at radius 1 is 1.47 bits per heavy atom. The molecule has 2 fully saturated rings. The Hall–Kier alpha value is -0.660. The van der Waals surface area contributed by atoms with E-state index in [2.05, 4.69) is 4.74 Å². The number of nitrogens with zero attached hydrogens (tertiary/aromatic N) is 1. The first-order valence-corrected chi connectivity index (χ1v) is 7.47. The average Bonchev–Trinajstić information content (AvgIpc) is 2.80. The summed E-state index contributed by atoms with van der Waals surface area (Å²) < 4.78 is 27.5. The predicted octanol–water partition coefficient (Wildman–Crippen LogP) is -1.22. The van der Waals surface area contributed by atoms with Crippen LogP contribution in [0.15, 0.2) is 0 Å². The fourth-order valence-corrected chi connectivity index (χ4v) is 4.39. The second kappa shape index (κ2) is 4.55. The molecule has 3 unspecified atom stereocenters. The van der Waals surface area contributed by atoms with Crippen LogP contribution in [0.1, 0.15) is 12.8 Å². The lowest BCUT2D eigenvalue weighted by molar-refractivity contribution is -0.146. The maximum atomic E-state index is 11.6. The number of carbonyl (C=O) groups excluding carboxylic acids is 1. The van der Waals surface area contributed by atoms with Crippen LogP contribution in [0, 0.1) is 0 Å². The van der Waals surface area contributed by atoms with E-state index < -0.39 is 28.0 Å². The van der Waals surface area contributed by atoms with Crippen LogP contribution in [0.25, 0.3) is 0 Å². The molecule has 7 heteroatoms. The standard InChI is InChI=1S/C10H17NO5S/c1-16-10(13)9-4-8(12)5-11(9)7-2-3-17(14,15)6-7/h7-9,12H,2-6H2,1H3. The topological polar surface area (TPSA) is 83.9 Å². The Morgan fingerprint density at radius 3 is 2.71 bits per heavy atom. The third-order valence-electron chi connectivity index (χ3n) is 3.47. The number of esters is 1. The fraction of sp³-hybridized carbons (Fsp3) is 0.900. The van der Waals surface area contributed by atoms with E-state index in [4.69, 9.17) is 0 Å². The second-order valence-electron chi connectivity index (χ2n) is 4.68. The summed E-state index contributed by atoms with van der Waals surface area (Å²) in [6.45, 7) is 0.347. The highest BCUT2D eigenvalue weighted by Crippen LogP contribution is 2.27. The van der Waals surface area contributed by atoms with E-state index in [1.807, 2.05) is 0 Å². The molecule has 17 heavy (non-hydrogen) atoms. The predicted molar refractivity (Wildman–Crippen MR) is 60.2 cm³/mol. The third-order valence-corrected chi connectivity index (χ3v) is 5.22. The lowest BCUT2D eigenvalue weighted by Crippen LogP contribution is -2.44. The first-order chi connectivity index (χ1) is 7.93. The Morgan fingerprint density at radius 2 is 2.18 bits per heavy atom. The molecule has 0 aromatic heterocycles. The van der Waals surface area contributed by atoms with Crippen LogP contribution >= 0.6 is 0 Å². The largest absolute Gasteiger partial charge is 0.468 e. The summed E-state index contributed by atoms with van der Waals surface area (Å²) in [5.41, 5.74) is 0. The molecule has 0 amide bonds. The van der Waals surface area contributed by atoms with E-state index >= 15 is 0 Å². The number of hydrogen-bond donors (Lipinski definition) is 1. The zero-order valence-corrected chi connectivity index (χ0v) is 10.5. The van der Waals surface area contributed by atoms with Crippen LogP contribution < -0.4 is 0 Å². The number of aliphatic hydroxyl groups is 1. The molecule has 6 nitrogen and oxygen atoms in total. The first kappa shape index (κ1) is 12.8. The van der Waals surface area contributed by atoms with Gasteiger partial charge in [0.15, 0.2) is 9.84 Å². The van der Waals surface area contributed by atoms with Gasteiger partial charge in [-0.2, -0.15) is 0 Å². The van der Waals surface area contributed by atoms with Gasteiger partial charge in [0.1, 0.15) is 6.04 Å². The van der Waals surface area contributed by atoms with E-state index in [1.165, 1.54) is 7.11 Å². The van der Waals surface area contributed by atoms with E-state index in [1.54, 1.807) is 4.90 Å². The van der Waals surface area contributed by atoms with Gasteiger partial charge in [-0.1, -0.05) is 0 Å². The Balaban J connectivity index is 2.11. The molecule has 1 N–H and O–H groups in total. The summed E-state index contributed by atoms with van der Waals surface area (Å²) in [7, 11) is -1.68. The Bertz CT molecular complexity index is 407. The smallest absolute Gasteiger partial charge is 0.323 e. The molecule has 2 heterocycles. The zero-order valence-electron chi connectivity index (χ0n) is 9.70. The third kappa shape index (κ3) is 2.61. The van der Waals surface area contributed by atoms with Crippen molar-refractivity contribution in [2.45, 2.75) is 31.0 Å². The van der Waals surface area contributed by atoms with Gasteiger partial charge in [0, 0.05) is 19.0 Å². The summed E-state index contributed by atoms with van der Waals surface area (Å²) >= 11 is 0. The lowest BCUT2D eigenvalue weighted by Gasteiger charge is -2.27. The van der Waals surface area contributed by atoms with Crippen molar-refractivity contribution < 1.29 is 23.1 Å². The lowest BCUT2D eigenvalue weighted by atomic mass is 10.1. The molecule has 0 aliphatic carbocycles. The molecule has 98 valence electrons. The number of aliphatic hydroxyl groups excluding tert-OH is 1. The van der Waals surface area contributed by atoms with Crippen LogP contribution in [0.3, 0.4) is 0 Å². The van der Waals surface area contributed by atoms with E-state index in [0.717, 1.165) is 0 Å².